The van der Waals surface area contributed by atoms with Crippen molar-refractivity contribution in [1.82, 2.24) is 24.8 Å². The van der Waals surface area contributed by atoms with E-state index in [9.17, 15) is 18.0 Å². The van der Waals surface area contributed by atoms with Gasteiger partial charge >= 0.3 is 12.1 Å². The second kappa shape index (κ2) is 7.62. The Labute approximate surface area is 176 Å². The van der Waals surface area contributed by atoms with E-state index in [0.29, 0.717) is 15.7 Å². The van der Waals surface area contributed by atoms with Crippen LogP contribution in [-0.4, -0.2) is 25.4 Å². The van der Waals surface area contributed by atoms with Crippen molar-refractivity contribution in [3.8, 4) is 11.4 Å². The van der Waals surface area contributed by atoms with E-state index in [1.54, 1.807) is 22.6 Å². The number of fused-ring (bicyclic) bond motifs is 1. The summed E-state index contributed by atoms with van der Waals surface area (Å²) in [5.41, 5.74) is 1.46. The summed E-state index contributed by atoms with van der Waals surface area (Å²) in [6.45, 7) is 0.206. The van der Waals surface area contributed by atoms with Gasteiger partial charge in [-0.1, -0.05) is 34.4 Å². The maximum Gasteiger partial charge on any atom is 0.471 e. The maximum absolute atomic E-state index is 12.6. The second-order valence-corrected chi connectivity index (χ2v) is 6.97. The molecule has 0 aliphatic rings. The summed E-state index contributed by atoms with van der Waals surface area (Å²) in [6, 6.07) is 7.92. The van der Waals surface area contributed by atoms with Crippen LogP contribution in [0.25, 0.3) is 17.0 Å². The maximum atomic E-state index is 12.6. The number of carbonyl (C=O) groups excluding carboxylic acids is 1. The zero-order valence-electron chi connectivity index (χ0n) is 14.7. The number of halogens is 5. The van der Waals surface area contributed by atoms with Gasteiger partial charge in [0.2, 0.25) is 5.82 Å². The average Bonchev–Trinajstić information content (AvgIpc) is 3.35. The molecule has 0 aliphatic carbocycles. The zero-order valence-corrected chi connectivity index (χ0v) is 16.3. The van der Waals surface area contributed by atoms with Gasteiger partial charge in [0.1, 0.15) is 11.3 Å². The summed E-state index contributed by atoms with van der Waals surface area (Å²) in [4.78, 5) is 19.9. The van der Waals surface area contributed by atoms with Gasteiger partial charge in [0.25, 0.3) is 5.91 Å². The van der Waals surface area contributed by atoms with E-state index < -0.39 is 18.0 Å². The van der Waals surface area contributed by atoms with Gasteiger partial charge in [-0.15, -0.1) is 0 Å². The third-order valence-electron chi connectivity index (χ3n) is 4.06. The number of amides is 1. The summed E-state index contributed by atoms with van der Waals surface area (Å²) in [5, 5.41) is 6.83. The van der Waals surface area contributed by atoms with Crippen LogP contribution in [0.4, 0.5) is 13.2 Å². The van der Waals surface area contributed by atoms with Crippen LogP contribution in [0.15, 0.2) is 47.2 Å². The molecule has 154 valence electrons. The second-order valence-electron chi connectivity index (χ2n) is 6.16. The Hall–Kier alpha value is -3.11. The number of carbonyl (C=O) groups is 1. The Balaban J connectivity index is 1.52. The van der Waals surface area contributed by atoms with Gasteiger partial charge in [0.15, 0.2) is 0 Å². The Morgan fingerprint density at radius 1 is 1.13 bits per heavy atom. The van der Waals surface area contributed by atoms with Crippen molar-refractivity contribution in [2.75, 3.05) is 0 Å². The topological polar surface area (TPSA) is 85.3 Å². The number of benzene rings is 1. The van der Waals surface area contributed by atoms with E-state index in [2.05, 4.69) is 25.0 Å². The average molecular weight is 456 g/mol. The molecule has 7 nitrogen and oxygen atoms in total. The number of pyridine rings is 1. The van der Waals surface area contributed by atoms with E-state index in [0.717, 1.165) is 5.56 Å². The van der Waals surface area contributed by atoms with E-state index in [4.69, 9.17) is 23.2 Å². The number of nitrogens with zero attached hydrogens (tertiary/aromatic N) is 4. The quantitative estimate of drug-likeness (QED) is 0.484. The summed E-state index contributed by atoms with van der Waals surface area (Å²) >= 11 is 11.8. The Kier molecular flexibility index (Phi) is 5.12. The lowest BCUT2D eigenvalue weighted by molar-refractivity contribution is -0.159. The monoisotopic (exact) mass is 455 g/mol. The highest BCUT2D eigenvalue weighted by molar-refractivity contribution is 6.42. The molecule has 0 unspecified atom stereocenters. The van der Waals surface area contributed by atoms with Crippen molar-refractivity contribution >= 4 is 34.8 Å². The fraction of sp³-hybridized carbons (Fsp3) is 0.111. The van der Waals surface area contributed by atoms with Gasteiger partial charge in [0.05, 0.1) is 10.0 Å². The van der Waals surface area contributed by atoms with Gasteiger partial charge in [-0.05, 0) is 29.8 Å². The first kappa shape index (κ1) is 20.2. The van der Waals surface area contributed by atoms with E-state index in [1.807, 2.05) is 0 Å². The molecule has 0 spiro atoms. The van der Waals surface area contributed by atoms with Gasteiger partial charge in [-0.2, -0.15) is 18.2 Å². The highest BCUT2D eigenvalue weighted by Crippen LogP contribution is 2.29. The van der Waals surface area contributed by atoms with Crippen LogP contribution in [-0.2, 0) is 12.7 Å². The third kappa shape index (κ3) is 4.10. The normalized spacial score (nSPS) is 11.8. The predicted molar refractivity (Wildman–Crippen MR) is 101 cm³/mol. The fourth-order valence-corrected chi connectivity index (χ4v) is 2.93. The molecule has 12 heteroatoms. The van der Waals surface area contributed by atoms with E-state index >= 15 is 0 Å². The SMILES string of the molecule is O=C(NCc1ccc(Cl)c(Cl)c1)c1cn2ccc(-c3noc(C(F)(F)F)n3)cc2n1. The van der Waals surface area contributed by atoms with E-state index in [-0.39, 0.29) is 23.6 Å². The molecular formula is C18H10Cl2F3N5O2. The van der Waals surface area contributed by atoms with Crippen LogP contribution in [0.3, 0.4) is 0 Å². The van der Waals surface area contributed by atoms with Crippen LogP contribution in [0.1, 0.15) is 21.9 Å². The number of aromatic nitrogens is 4. The molecule has 0 bridgehead atoms. The third-order valence-corrected chi connectivity index (χ3v) is 4.80. The van der Waals surface area contributed by atoms with Crippen molar-refractivity contribution in [2.45, 2.75) is 12.7 Å². The smallest absolute Gasteiger partial charge is 0.347 e. The van der Waals surface area contributed by atoms with Gasteiger partial charge in [0, 0.05) is 24.5 Å². The van der Waals surface area contributed by atoms with Crippen LogP contribution in [0.5, 0.6) is 0 Å². The first-order chi connectivity index (χ1) is 14.2. The molecule has 1 aromatic carbocycles. The lowest BCUT2D eigenvalue weighted by Gasteiger charge is -2.04. The lowest BCUT2D eigenvalue weighted by atomic mass is 10.2. The molecular weight excluding hydrogens is 446 g/mol. The molecule has 1 N–H and O–H groups in total. The van der Waals surface area contributed by atoms with Crippen molar-refractivity contribution in [3.63, 3.8) is 0 Å². The summed E-state index contributed by atoms with van der Waals surface area (Å²) in [6.07, 6.45) is -1.72. The number of hydrogen-bond donors (Lipinski definition) is 1. The molecule has 0 saturated carbocycles. The van der Waals surface area contributed by atoms with Crippen LogP contribution < -0.4 is 5.32 Å². The van der Waals surface area contributed by atoms with Gasteiger partial charge in [-0.3, -0.25) is 4.79 Å². The molecule has 3 heterocycles. The van der Waals surface area contributed by atoms with Crippen molar-refractivity contribution in [3.05, 3.63) is 69.9 Å². The molecule has 0 radical (unpaired) electrons. The van der Waals surface area contributed by atoms with Crippen molar-refractivity contribution in [1.29, 1.82) is 0 Å². The minimum Gasteiger partial charge on any atom is -0.347 e. The Morgan fingerprint density at radius 2 is 1.93 bits per heavy atom. The van der Waals surface area contributed by atoms with Gasteiger partial charge < -0.3 is 14.2 Å². The molecule has 30 heavy (non-hydrogen) atoms. The highest BCUT2D eigenvalue weighted by Gasteiger charge is 2.38. The molecule has 1 amide bonds. The molecule has 3 aromatic heterocycles. The number of hydrogen-bond acceptors (Lipinski definition) is 5. The largest absolute Gasteiger partial charge is 0.471 e. The fourth-order valence-electron chi connectivity index (χ4n) is 2.61. The molecule has 0 fully saturated rings. The summed E-state index contributed by atoms with van der Waals surface area (Å²) < 4.78 is 43.7. The molecule has 0 saturated heterocycles. The van der Waals surface area contributed by atoms with Crippen LogP contribution >= 0.6 is 23.2 Å². The van der Waals surface area contributed by atoms with Crippen molar-refractivity contribution < 1.29 is 22.5 Å². The lowest BCUT2D eigenvalue weighted by Crippen LogP contribution is -2.23. The zero-order chi connectivity index (χ0) is 21.5. The van der Waals surface area contributed by atoms with Crippen LogP contribution in [0.2, 0.25) is 10.0 Å². The molecule has 0 aliphatic heterocycles. The number of nitrogens with one attached hydrogen (secondary N) is 1. The summed E-state index contributed by atoms with van der Waals surface area (Å²) in [5.74, 6) is -2.12. The molecule has 4 aromatic rings. The van der Waals surface area contributed by atoms with Crippen molar-refractivity contribution in [2.24, 2.45) is 0 Å². The van der Waals surface area contributed by atoms with E-state index in [1.165, 1.54) is 24.5 Å². The minimum absolute atomic E-state index is 0.122. The Bertz CT molecular complexity index is 1250. The highest BCUT2D eigenvalue weighted by atomic mass is 35.5. The van der Waals surface area contributed by atoms with Gasteiger partial charge in [-0.25, -0.2) is 4.98 Å². The standard InChI is InChI=1S/C18H10Cl2F3N5O2/c19-11-2-1-9(5-12(11)20)7-24-16(29)13-8-28-4-3-10(6-14(28)25-13)15-26-17(30-27-15)18(21,22)23/h1-6,8H,7H2,(H,24,29). The summed E-state index contributed by atoms with van der Waals surface area (Å²) in [7, 11) is 0. The number of imidazole rings is 1. The molecule has 4 rings (SSSR count). The first-order valence-electron chi connectivity index (χ1n) is 8.33. The number of rotatable bonds is 4. The number of alkyl halides is 3. The first-order valence-corrected chi connectivity index (χ1v) is 9.08. The minimum atomic E-state index is -4.73. The Morgan fingerprint density at radius 3 is 2.63 bits per heavy atom. The molecule has 0 atom stereocenters. The predicted octanol–water partition coefficient (Wildman–Crippen LogP) is 4.64. The van der Waals surface area contributed by atoms with Crippen LogP contribution in [0, 0.1) is 0 Å².